The van der Waals surface area contributed by atoms with Crippen molar-refractivity contribution in [3.05, 3.63) is 46.3 Å². The van der Waals surface area contributed by atoms with Gasteiger partial charge in [0.25, 0.3) is 0 Å². The topological polar surface area (TPSA) is 63.4 Å². The van der Waals surface area contributed by atoms with Crippen LogP contribution in [0.25, 0.3) is 0 Å². The molecule has 0 spiro atoms. The lowest BCUT2D eigenvalue weighted by Gasteiger charge is -2.24. The Labute approximate surface area is 137 Å². The summed E-state index contributed by atoms with van der Waals surface area (Å²) < 4.78 is 33.4. The summed E-state index contributed by atoms with van der Waals surface area (Å²) in [6, 6.07) is 5.40. The highest BCUT2D eigenvalue weighted by atomic mass is 32.2. The maximum atomic E-state index is 13.2. The van der Waals surface area contributed by atoms with Crippen LogP contribution in [0.4, 0.5) is 0 Å². The lowest BCUT2D eigenvalue weighted by molar-refractivity contribution is 0.297. The van der Waals surface area contributed by atoms with E-state index >= 15 is 0 Å². The van der Waals surface area contributed by atoms with Gasteiger partial charge in [0, 0.05) is 12.6 Å². The fourth-order valence-corrected chi connectivity index (χ4v) is 5.62. The molecule has 0 N–H and O–H groups in total. The predicted octanol–water partition coefficient (Wildman–Crippen LogP) is 3.43. The molecule has 1 fully saturated rings. The van der Waals surface area contributed by atoms with Crippen molar-refractivity contribution in [2.24, 2.45) is 0 Å². The molecule has 2 heterocycles. The lowest BCUT2D eigenvalue weighted by atomic mass is 10.1. The molecule has 23 heavy (non-hydrogen) atoms. The van der Waals surface area contributed by atoms with Gasteiger partial charge in [-0.15, -0.1) is 0 Å². The minimum absolute atomic E-state index is 0.263. The van der Waals surface area contributed by atoms with Gasteiger partial charge >= 0.3 is 0 Å². The molecule has 1 atom stereocenters. The average Bonchev–Trinajstić information content (AvgIpc) is 3.05. The van der Waals surface area contributed by atoms with Crippen LogP contribution >= 0.6 is 0 Å². The van der Waals surface area contributed by atoms with E-state index in [4.69, 9.17) is 4.52 Å². The van der Waals surface area contributed by atoms with E-state index in [0.717, 1.165) is 35.2 Å². The highest BCUT2D eigenvalue weighted by Crippen LogP contribution is 2.38. The first kappa shape index (κ1) is 16.2. The van der Waals surface area contributed by atoms with Crippen molar-refractivity contribution in [2.75, 3.05) is 6.54 Å². The Kier molecular flexibility index (Phi) is 4.06. The third-order valence-corrected chi connectivity index (χ3v) is 6.56. The molecule has 0 saturated carbocycles. The van der Waals surface area contributed by atoms with Crippen molar-refractivity contribution in [1.82, 2.24) is 9.46 Å². The molecule has 5 nitrogen and oxygen atoms in total. The van der Waals surface area contributed by atoms with Gasteiger partial charge in [-0.3, -0.25) is 0 Å². The van der Waals surface area contributed by atoms with Gasteiger partial charge < -0.3 is 4.52 Å². The van der Waals surface area contributed by atoms with Crippen molar-refractivity contribution < 1.29 is 12.9 Å². The molecule has 0 amide bonds. The molecule has 6 heteroatoms. The van der Waals surface area contributed by atoms with Gasteiger partial charge in [-0.05, 0) is 51.7 Å². The molecular formula is C17H22N2O3S. The van der Waals surface area contributed by atoms with E-state index < -0.39 is 10.0 Å². The molecule has 0 bridgehead atoms. The predicted molar refractivity (Wildman–Crippen MR) is 87.8 cm³/mol. The largest absolute Gasteiger partial charge is 0.359 e. The summed E-state index contributed by atoms with van der Waals surface area (Å²) >= 11 is 0. The second kappa shape index (κ2) is 5.76. The third kappa shape index (κ3) is 2.81. The Morgan fingerprint density at radius 2 is 1.78 bits per heavy atom. The van der Waals surface area contributed by atoms with E-state index in [1.165, 1.54) is 0 Å². The highest BCUT2D eigenvalue weighted by molar-refractivity contribution is 7.89. The fraction of sp³-hybridized carbons (Fsp3) is 0.471. The Hall–Kier alpha value is -1.66. The molecule has 1 aromatic carbocycles. The second-order valence-electron chi connectivity index (χ2n) is 6.37. The monoisotopic (exact) mass is 334 g/mol. The molecule has 1 aliphatic rings. The highest BCUT2D eigenvalue weighted by Gasteiger charge is 2.39. The van der Waals surface area contributed by atoms with Gasteiger partial charge in [0.2, 0.25) is 10.0 Å². The number of aromatic nitrogens is 1. The summed E-state index contributed by atoms with van der Waals surface area (Å²) in [6.07, 6.45) is 1.59. The number of benzene rings is 1. The number of aryl methyl sites for hydroxylation is 4. The van der Waals surface area contributed by atoms with Crippen molar-refractivity contribution in [3.63, 3.8) is 0 Å². The first-order valence-electron chi connectivity index (χ1n) is 7.83. The summed E-state index contributed by atoms with van der Waals surface area (Å²) in [4.78, 5) is 0.422. The summed E-state index contributed by atoms with van der Waals surface area (Å²) in [5.41, 5.74) is 3.43. The molecule has 1 unspecified atom stereocenters. The van der Waals surface area contributed by atoms with Crippen molar-refractivity contribution in [3.8, 4) is 0 Å². The van der Waals surface area contributed by atoms with Crippen molar-refractivity contribution >= 4 is 10.0 Å². The molecule has 0 aliphatic carbocycles. The van der Waals surface area contributed by atoms with Crippen LogP contribution in [0.2, 0.25) is 0 Å². The van der Waals surface area contributed by atoms with Crippen LogP contribution in [-0.2, 0) is 10.0 Å². The van der Waals surface area contributed by atoms with Crippen LogP contribution in [0.1, 0.15) is 47.0 Å². The van der Waals surface area contributed by atoms with Gasteiger partial charge in [-0.2, -0.15) is 4.31 Å². The van der Waals surface area contributed by atoms with Crippen molar-refractivity contribution in [2.45, 2.75) is 51.5 Å². The molecule has 124 valence electrons. The number of rotatable bonds is 3. The lowest BCUT2D eigenvalue weighted by Crippen LogP contribution is -2.31. The van der Waals surface area contributed by atoms with E-state index in [1.807, 2.05) is 45.9 Å². The minimum atomic E-state index is -3.56. The van der Waals surface area contributed by atoms with Crippen LogP contribution in [0, 0.1) is 27.7 Å². The van der Waals surface area contributed by atoms with Crippen LogP contribution in [-0.4, -0.2) is 24.4 Å². The molecule has 2 aromatic rings. The normalized spacial score (nSPS) is 19.4. The third-order valence-electron chi connectivity index (χ3n) is 4.35. The van der Waals surface area contributed by atoms with E-state index in [9.17, 15) is 8.42 Å². The number of hydrogen-bond donors (Lipinski definition) is 0. The molecule has 3 rings (SSSR count). The number of hydrogen-bond acceptors (Lipinski definition) is 4. The van der Waals surface area contributed by atoms with E-state index in [0.29, 0.717) is 17.2 Å². The smallest absolute Gasteiger partial charge is 0.244 e. The second-order valence-corrected chi connectivity index (χ2v) is 8.20. The zero-order valence-corrected chi connectivity index (χ0v) is 14.8. The minimum Gasteiger partial charge on any atom is -0.359 e. The standard InChI is InChI=1S/C17H22N2O3S/c1-11-8-12(2)17(13(3)9-11)23(20,21)19-7-5-6-15(19)16-10-14(4)18-22-16/h8-10,15H,5-7H2,1-4H3. The Bertz CT molecular complexity index is 816. The first-order valence-corrected chi connectivity index (χ1v) is 9.27. The van der Waals surface area contributed by atoms with E-state index in [2.05, 4.69) is 5.16 Å². The molecule has 1 saturated heterocycles. The maximum Gasteiger partial charge on any atom is 0.244 e. The summed E-state index contributed by atoms with van der Waals surface area (Å²) in [5, 5.41) is 3.90. The summed E-state index contributed by atoms with van der Waals surface area (Å²) in [7, 11) is -3.56. The molecule has 1 aliphatic heterocycles. The Balaban J connectivity index is 2.06. The molecular weight excluding hydrogens is 312 g/mol. The number of sulfonamides is 1. The van der Waals surface area contributed by atoms with Gasteiger partial charge in [-0.1, -0.05) is 22.9 Å². The van der Waals surface area contributed by atoms with Gasteiger partial charge in [-0.25, -0.2) is 8.42 Å². The Morgan fingerprint density at radius 3 is 2.35 bits per heavy atom. The zero-order valence-electron chi connectivity index (χ0n) is 14.0. The summed E-state index contributed by atoms with van der Waals surface area (Å²) in [5.74, 6) is 0.631. The molecule has 1 aromatic heterocycles. The van der Waals surface area contributed by atoms with E-state index in [1.54, 1.807) is 4.31 Å². The van der Waals surface area contributed by atoms with Crippen LogP contribution in [0.3, 0.4) is 0 Å². The van der Waals surface area contributed by atoms with Gasteiger partial charge in [0.05, 0.1) is 16.6 Å². The zero-order chi connectivity index (χ0) is 16.8. The quantitative estimate of drug-likeness (QED) is 0.862. The molecule has 0 radical (unpaired) electrons. The van der Waals surface area contributed by atoms with Gasteiger partial charge in [0.15, 0.2) is 5.76 Å². The fourth-order valence-electron chi connectivity index (χ4n) is 3.54. The average molecular weight is 334 g/mol. The summed E-state index contributed by atoms with van der Waals surface area (Å²) in [6.45, 7) is 8.05. The number of nitrogens with zero attached hydrogens (tertiary/aromatic N) is 2. The van der Waals surface area contributed by atoms with Crippen LogP contribution < -0.4 is 0 Å². The van der Waals surface area contributed by atoms with Crippen LogP contribution in [0.5, 0.6) is 0 Å². The van der Waals surface area contributed by atoms with Crippen LogP contribution in [0.15, 0.2) is 27.6 Å². The van der Waals surface area contributed by atoms with E-state index in [-0.39, 0.29) is 6.04 Å². The van der Waals surface area contributed by atoms with Gasteiger partial charge in [0.1, 0.15) is 0 Å². The SMILES string of the molecule is Cc1cc(C)c(S(=O)(=O)N2CCCC2c2cc(C)no2)c(C)c1. The first-order chi connectivity index (χ1) is 10.8. The maximum absolute atomic E-state index is 13.2. The Morgan fingerprint density at radius 1 is 1.13 bits per heavy atom. The van der Waals surface area contributed by atoms with Crippen molar-refractivity contribution in [1.29, 1.82) is 0 Å².